The van der Waals surface area contributed by atoms with Gasteiger partial charge in [-0.2, -0.15) is 0 Å². The molecule has 0 bridgehead atoms. The highest BCUT2D eigenvalue weighted by molar-refractivity contribution is 7.14. The van der Waals surface area contributed by atoms with Crippen LogP contribution in [-0.2, 0) is 19.4 Å². The van der Waals surface area contributed by atoms with Crippen LogP contribution < -0.4 is 21.9 Å². The van der Waals surface area contributed by atoms with Crippen molar-refractivity contribution in [2.75, 3.05) is 17.7 Å². The van der Waals surface area contributed by atoms with Gasteiger partial charge in [-0.3, -0.25) is 19.1 Å². The number of aromatic amines is 1. The van der Waals surface area contributed by atoms with Crippen LogP contribution in [-0.4, -0.2) is 22.5 Å². The number of anilines is 2. The molecule has 0 saturated carbocycles. The standard InChI is InChI=1S/C19H26N4O3S/c1-4-5-8-23-16(20)15(17(24)21-19(23)26)22(3)18(25)14-10-12-9-11(2)6-7-13(12)27-14/h10-11H,4-9,20H2,1-3H3,(H,21,24,26)/t11-/m0/s1. The highest BCUT2D eigenvalue weighted by Crippen LogP contribution is 2.33. The molecule has 1 aliphatic rings. The summed E-state index contributed by atoms with van der Waals surface area (Å²) in [4.78, 5) is 42.8. The minimum Gasteiger partial charge on any atom is -0.383 e. The lowest BCUT2D eigenvalue weighted by atomic mass is 9.90. The molecule has 0 saturated heterocycles. The molecule has 2 heterocycles. The van der Waals surface area contributed by atoms with Gasteiger partial charge in [-0.05, 0) is 43.2 Å². The van der Waals surface area contributed by atoms with E-state index >= 15 is 0 Å². The van der Waals surface area contributed by atoms with Crippen LogP contribution in [0.25, 0.3) is 0 Å². The maximum Gasteiger partial charge on any atom is 0.330 e. The molecule has 0 aromatic carbocycles. The number of aromatic nitrogens is 2. The average Bonchev–Trinajstić information content (AvgIpc) is 3.03. The van der Waals surface area contributed by atoms with Gasteiger partial charge < -0.3 is 10.6 Å². The molecule has 1 aliphatic carbocycles. The molecule has 1 atom stereocenters. The van der Waals surface area contributed by atoms with E-state index in [4.69, 9.17) is 5.73 Å². The molecule has 2 aromatic heterocycles. The van der Waals surface area contributed by atoms with Crippen molar-refractivity contribution in [3.63, 3.8) is 0 Å². The number of nitrogens with zero attached hydrogens (tertiary/aromatic N) is 2. The Morgan fingerprint density at radius 3 is 2.89 bits per heavy atom. The number of fused-ring (bicyclic) bond motifs is 1. The van der Waals surface area contributed by atoms with Gasteiger partial charge in [0.05, 0.1) is 4.88 Å². The maximum atomic E-state index is 13.0. The number of nitrogen functional groups attached to an aromatic ring is 1. The first-order chi connectivity index (χ1) is 12.8. The normalized spacial score (nSPS) is 16.2. The lowest BCUT2D eigenvalue weighted by Gasteiger charge is -2.19. The van der Waals surface area contributed by atoms with Crippen LogP contribution >= 0.6 is 11.3 Å². The fourth-order valence-corrected chi connectivity index (χ4v) is 4.70. The zero-order valence-electron chi connectivity index (χ0n) is 16.0. The van der Waals surface area contributed by atoms with E-state index in [-0.39, 0.29) is 17.4 Å². The molecular formula is C19H26N4O3S. The number of rotatable bonds is 5. The van der Waals surface area contributed by atoms with E-state index in [0.717, 1.165) is 32.1 Å². The number of carbonyl (C=O) groups excluding carboxylic acids is 1. The SMILES string of the molecule is CCCCn1c(N)c(N(C)C(=O)c2cc3c(s2)CC[C@H](C)C3)c(=O)[nH]c1=O. The Kier molecular flexibility index (Phi) is 5.55. The monoisotopic (exact) mass is 390 g/mol. The van der Waals surface area contributed by atoms with Crippen molar-refractivity contribution < 1.29 is 4.79 Å². The fraction of sp³-hybridized carbons (Fsp3) is 0.526. The van der Waals surface area contributed by atoms with E-state index in [1.54, 1.807) is 0 Å². The summed E-state index contributed by atoms with van der Waals surface area (Å²) in [5.41, 5.74) is 6.17. The summed E-state index contributed by atoms with van der Waals surface area (Å²) in [6, 6.07) is 1.94. The molecule has 8 heteroatoms. The van der Waals surface area contributed by atoms with E-state index in [9.17, 15) is 14.4 Å². The number of nitrogens with one attached hydrogen (secondary N) is 1. The first-order valence-corrected chi connectivity index (χ1v) is 10.2. The third kappa shape index (κ3) is 3.71. The second-order valence-corrected chi connectivity index (χ2v) is 8.41. The van der Waals surface area contributed by atoms with E-state index in [1.165, 1.54) is 38.3 Å². The minimum absolute atomic E-state index is 0.0236. The Morgan fingerprint density at radius 1 is 1.44 bits per heavy atom. The number of amides is 1. The zero-order valence-corrected chi connectivity index (χ0v) is 16.8. The molecule has 0 aliphatic heterocycles. The summed E-state index contributed by atoms with van der Waals surface area (Å²) in [5, 5.41) is 0. The molecule has 0 spiro atoms. The Labute approximate surface area is 161 Å². The highest BCUT2D eigenvalue weighted by Gasteiger charge is 2.26. The summed E-state index contributed by atoms with van der Waals surface area (Å²) < 4.78 is 1.32. The Hall–Kier alpha value is -2.35. The summed E-state index contributed by atoms with van der Waals surface area (Å²) in [7, 11) is 1.53. The Bertz CT molecular complexity index is 972. The molecule has 146 valence electrons. The van der Waals surface area contributed by atoms with Crippen molar-refractivity contribution in [2.45, 2.75) is 52.5 Å². The summed E-state index contributed by atoms with van der Waals surface area (Å²) in [6.45, 7) is 4.62. The number of H-pyrrole nitrogens is 1. The third-order valence-corrected chi connectivity index (χ3v) is 6.35. The molecule has 27 heavy (non-hydrogen) atoms. The first kappa shape index (κ1) is 19.4. The molecule has 3 N–H and O–H groups in total. The summed E-state index contributed by atoms with van der Waals surface area (Å²) >= 11 is 1.49. The van der Waals surface area contributed by atoms with E-state index in [1.807, 2.05) is 13.0 Å². The van der Waals surface area contributed by atoms with E-state index < -0.39 is 11.2 Å². The molecule has 2 aromatic rings. The quantitative estimate of drug-likeness (QED) is 0.818. The van der Waals surface area contributed by atoms with Gasteiger partial charge in [0.25, 0.3) is 11.5 Å². The van der Waals surface area contributed by atoms with Crippen molar-refractivity contribution >= 4 is 28.7 Å². The van der Waals surface area contributed by atoms with Crippen LogP contribution in [0.15, 0.2) is 15.7 Å². The Balaban J connectivity index is 1.96. The second kappa shape index (κ2) is 7.72. The van der Waals surface area contributed by atoms with Crippen LogP contribution in [0.5, 0.6) is 0 Å². The number of hydrogen-bond acceptors (Lipinski definition) is 5. The molecule has 0 fully saturated rings. The lowest BCUT2D eigenvalue weighted by Crippen LogP contribution is -2.39. The predicted molar refractivity (Wildman–Crippen MR) is 109 cm³/mol. The van der Waals surface area contributed by atoms with Crippen LogP contribution in [0.3, 0.4) is 0 Å². The minimum atomic E-state index is -0.643. The molecule has 0 radical (unpaired) electrons. The van der Waals surface area contributed by atoms with Crippen molar-refractivity contribution in [2.24, 2.45) is 5.92 Å². The molecule has 1 amide bonds. The largest absolute Gasteiger partial charge is 0.383 e. The van der Waals surface area contributed by atoms with Crippen molar-refractivity contribution in [3.8, 4) is 0 Å². The molecule has 3 rings (SSSR count). The smallest absolute Gasteiger partial charge is 0.330 e. The maximum absolute atomic E-state index is 13.0. The highest BCUT2D eigenvalue weighted by atomic mass is 32.1. The number of nitrogens with two attached hydrogens (primary N) is 1. The van der Waals surface area contributed by atoms with Crippen molar-refractivity contribution in [3.05, 3.63) is 42.2 Å². The van der Waals surface area contributed by atoms with Gasteiger partial charge in [0.1, 0.15) is 5.82 Å². The van der Waals surface area contributed by atoms with Crippen LogP contribution in [0.1, 0.15) is 53.2 Å². The van der Waals surface area contributed by atoms with Crippen molar-refractivity contribution in [1.29, 1.82) is 0 Å². The van der Waals surface area contributed by atoms with Gasteiger partial charge in [0, 0.05) is 18.5 Å². The van der Waals surface area contributed by atoms with Crippen LogP contribution in [0.4, 0.5) is 11.5 Å². The number of thiophene rings is 1. The predicted octanol–water partition coefficient (Wildman–Crippen LogP) is 2.38. The topological polar surface area (TPSA) is 101 Å². The van der Waals surface area contributed by atoms with Gasteiger partial charge in [-0.15, -0.1) is 11.3 Å². The number of aryl methyl sites for hydroxylation is 1. The summed E-state index contributed by atoms with van der Waals surface area (Å²) in [5.74, 6) is 0.372. The van der Waals surface area contributed by atoms with Crippen LogP contribution in [0.2, 0.25) is 0 Å². The summed E-state index contributed by atoms with van der Waals surface area (Å²) in [6.07, 6.45) is 4.74. The second-order valence-electron chi connectivity index (χ2n) is 7.27. The van der Waals surface area contributed by atoms with Gasteiger partial charge in [0.2, 0.25) is 0 Å². The van der Waals surface area contributed by atoms with E-state index in [2.05, 4.69) is 11.9 Å². The molecular weight excluding hydrogens is 364 g/mol. The van der Waals surface area contributed by atoms with Gasteiger partial charge in [0.15, 0.2) is 5.69 Å². The zero-order chi connectivity index (χ0) is 19.7. The first-order valence-electron chi connectivity index (χ1n) is 9.35. The van der Waals surface area contributed by atoms with Crippen LogP contribution in [0, 0.1) is 5.92 Å². The molecule has 0 unspecified atom stereocenters. The molecule has 7 nitrogen and oxygen atoms in total. The van der Waals surface area contributed by atoms with Crippen molar-refractivity contribution in [1.82, 2.24) is 9.55 Å². The third-order valence-electron chi connectivity index (χ3n) is 5.13. The van der Waals surface area contributed by atoms with Gasteiger partial charge >= 0.3 is 5.69 Å². The van der Waals surface area contributed by atoms with Gasteiger partial charge in [-0.25, -0.2) is 4.79 Å². The number of hydrogen-bond donors (Lipinski definition) is 2. The Morgan fingerprint density at radius 2 is 2.19 bits per heavy atom. The van der Waals surface area contributed by atoms with Gasteiger partial charge in [-0.1, -0.05) is 20.3 Å². The lowest BCUT2D eigenvalue weighted by molar-refractivity contribution is 0.0996. The number of unbranched alkanes of at least 4 members (excludes halogenated alkanes) is 1. The van der Waals surface area contributed by atoms with E-state index in [0.29, 0.717) is 17.3 Å². The number of carbonyl (C=O) groups is 1. The fourth-order valence-electron chi connectivity index (χ4n) is 3.52. The average molecular weight is 391 g/mol.